The second kappa shape index (κ2) is 4.06. The van der Waals surface area contributed by atoms with E-state index in [9.17, 15) is 0 Å². The molecule has 0 spiro atoms. The fraction of sp³-hybridized carbons (Fsp3) is 0.273. The van der Waals surface area contributed by atoms with E-state index in [0.717, 1.165) is 17.7 Å². The van der Waals surface area contributed by atoms with Gasteiger partial charge in [0.15, 0.2) is 5.82 Å². The quantitative estimate of drug-likeness (QED) is 0.599. The molecule has 0 bridgehead atoms. The smallest absolute Gasteiger partial charge is 0.335 e. The van der Waals surface area contributed by atoms with Crippen molar-refractivity contribution in [3.63, 3.8) is 0 Å². The molecule has 1 aliphatic heterocycles. The molecule has 3 rings (SSSR count). The third-order valence-corrected chi connectivity index (χ3v) is 2.84. The van der Waals surface area contributed by atoms with Crippen molar-refractivity contribution in [2.75, 3.05) is 12.0 Å². The molecular weight excluding hydrogens is 220 g/mol. The van der Waals surface area contributed by atoms with Gasteiger partial charge in [0, 0.05) is 5.56 Å². The van der Waals surface area contributed by atoms with Gasteiger partial charge in [-0.05, 0) is 12.5 Å². The Morgan fingerprint density at radius 2 is 2.24 bits per heavy atom. The number of nitrogen functional groups attached to an aromatic ring is 1. The van der Waals surface area contributed by atoms with Crippen molar-refractivity contribution in [2.45, 2.75) is 12.3 Å². The number of fused-ring (bicyclic) bond motifs is 1. The standard InChI is InChI=1S/C11H12N4O2/c12-14-11-13-10(15-17-11)8-5-6-16-9-4-2-1-3-7(8)9/h1-4,8H,5-6,12H2,(H,13,14,15). The monoisotopic (exact) mass is 232 g/mol. The highest BCUT2D eigenvalue weighted by molar-refractivity contribution is 5.41. The van der Waals surface area contributed by atoms with Crippen LogP contribution < -0.4 is 16.0 Å². The van der Waals surface area contributed by atoms with Gasteiger partial charge in [-0.2, -0.15) is 4.98 Å². The van der Waals surface area contributed by atoms with Crippen LogP contribution in [0, 0.1) is 0 Å². The number of benzene rings is 1. The molecule has 0 radical (unpaired) electrons. The van der Waals surface area contributed by atoms with E-state index < -0.39 is 0 Å². The Hall–Kier alpha value is -2.08. The molecule has 1 aromatic heterocycles. The SMILES string of the molecule is NNc1nc(C2CCOc3ccccc32)no1. The third kappa shape index (κ3) is 1.72. The Morgan fingerprint density at radius 1 is 1.35 bits per heavy atom. The number of rotatable bonds is 2. The van der Waals surface area contributed by atoms with Crippen molar-refractivity contribution in [2.24, 2.45) is 5.84 Å². The van der Waals surface area contributed by atoms with Crippen molar-refractivity contribution in [3.05, 3.63) is 35.7 Å². The topological polar surface area (TPSA) is 86.2 Å². The number of hydrogen-bond acceptors (Lipinski definition) is 6. The Kier molecular flexibility index (Phi) is 2.41. The van der Waals surface area contributed by atoms with Crippen LogP contribution in [0.4, 0.5) is 6.01 Å². The summed E-state index contributed by atoms with van der Waals surface area (Å²) in [6.07, 6.45) is 0.834. The van der Waals surface area contributed by atoms with Crippen molar-refractivity contribution in [1.82, 2.24) is 10.1 Å². The molecule has 88 valence electrons. The molecular formula is C11H12N4O2. The van der Waals surface area contributed by atoms with Crippen LogP contribution in [0.1, 0.15) is 23.7 Å². The zero-order valence-electron chi connectivity index (χ0n) is 9.09. The first-order chi connectivity index (χ1) is 8.38. The lowest BCUT2D eigenvalue weighted by Gasteiger charge is -2.23. The highest BCUT2D eigenvalue weighted by Crippen LogP contribution is 2.36. The summed E-state index contributed by atoms with van der Waals surface area (Å²) in [5, 5.41) is 3.93. The van der Waals surface area contributed by atoms with Crippen molar-refractivity contribution in [1.29, 1.82) is 0 Å². The lowest BCUT2D eigenvalue weighted by atomic mass is 9.92. The van der Waals surface area contributed by atoms with E-state index in [-0.39, 0.29) is 11.9 Å². The van der Waals surface area contributed by atoms with E-state index in [1.54, 1.807) is 0 Å². The molecule has 0 amide bonds. The summed E-state index contributed by atoms with van der Waals surface area (Å²) in [6, 6.07) is 8.12. The molecule has 1 unspecified atom stereocenters. The maximum absolute atomic E-state index is 5.58. The van der Waals surface area contributed by atoms with Gasteiger partial charge in [-0.1, -0.05) is 23.4 Å². The molecule has 1 aliphatic rings. The molecule has 3 N–H and O–H groups in total. The predicted octanol–water partition coefficient (Wildman–Crippen LogP) is 1.27. The zero-order chi connectivity index (χ0) is 11.7. The fourth-order valence-electron chi connectivity index (χ4n) is 2.05. The molecule has 1 aromatic carbocycles. The maximum atomic E-state index is 5.58. The van der Waals surface area contributed by atoms with Gasteiger partial charge >= 0.3 is 6.01 Å². The second-order valence-electron chi connectivity index (χ2n) is 3.83. The highest BCUT2D eigenvalue weighted by Gasteiger charge is 2.26. The largest absolute Gasteiger partial charge is 0.493 e. The van der Waals surface area contributed by atoms with Gasteiger partial charge in [0.05, 0.1) is 12.5 Å². The second-order valence-corrected chi connectivity index (χ2v) is 3.83. The van der Waals surface area contributed by atoms with Crippen LogP contribution in [0.15, 0.2) is 28.8 Å². The predicted molar refractivity (Wildman–Crippen MR) is 60.5 cm³/mol. The number of ether oxygens (including phenoxy) is 1. The van der Waals surface area contributed by atoms with Crippen LogP contribution in [0.5, 0.6) is 5.75 Å². The normalized spacial score (nSPS) is 18.3. The first kappa shape index (κ1) is 10.1. The molecule has 0 fully saturated rings. The molecule has 6 heteroatoms. The van der Waals surface area contributed by atoms with Gasteiger partial charge in [0.25, 0.3) is 0 Å². The Bertz CT molecular complexity index is 526. The van der Waals surface area contributed by atoms with Gasteiger partial charge in [-0.25, -0.2) is 5.84 Å². The summed E-state index contributed by atoms with van der Waals surface area (Å²) in [7, 11) is 0. The minimum absolute atomic E-state index is 0.103. The minimum atomic E-state index is 0.103. The molecule has 0 aliphatic carbocycles. The number of nitrogens with one attached hydrogen (secondary N) is 1. The van der Waals surface area contributed by atoms with Gasteiger partial charge < -0.3 is 9.26 Å². The number of nitrogens with zero attached hydrogens (tertiary/aromatic N) is 2. The van der Waals surface area contributed by atoms with E-state index in [0.29, 0.717) is 12.4 Å². The van der Waals surface area contributed by atoms with Crippen molar-refractivity contribution in [3.8, 4) is 5.75 Å². The van der Waals surface area contributed by atoms with Gasteiger partial charge in [-0.15, -0.1) is 0 Å². The maximum Gasteiger partial charge on any atom is 0.335 e. The summed E-state index contributed by atoms with van der Waals surface area (Å²) >= 11 is 0. The molecule has 0 saturated carbocycles. The summed E-state index contributed by atoms with van der Waals surface area (Å²) < 4.78 is 10.5. The van der Waals surface area contributed by atoms with E-state index in [4.69, 9.17) is 15.1 Å². The summed E-state index contributed by atoms with van der Waals surface area (Å²) in [4.78, 5) is 4.18. The van der Waals surface area contributed by atoms with Crippen molar-refractivity contribution < 1.29 is 9.26 Å². The molecule has 1 atom stereocenters. The molecule has 2 heterocycles. The molecule has 17 heavy (non-hydrogen) atoms. The van der Waals surface area contributed by atoms with Crippen LogP contribution >= 0.6 is 0 Å². The third-order valence-electron chi connectivity index (χ3n) is 2.84. The first-order valence-corrected chi connectivity index (χ1v) is 5.40. The van der Waals surface area contributed by atoms with E-state index in [2.05, 4.69) is 15.6 Å². The highest BCUT2D eigenvalue weighted by atomic mass is 16.5. The molecule has 0 saturated heterocycles. The van der Waals surface area contributed by atoms with Crippen LogP contribution in [0.25, 0.3) is 0 Å². The minimum Gasteiger partial charge on any atom is -0.493 e. The summed E-state index contributed by atoms with van der Waals surface area (Å²) in [5.74, 6) is 6.84. The number of aromatic nitrogens is 2. The lowest BCUT2D eigenvalue weighted by Crippen LogP contribution is -2.16. The van der Waals surface area contributed by atoms with Gasteiger partial charge in [0.1, 0.15) is 5.75 Å². The van der Waals surface area contributed by atoms with Crippen LogP contribution in [-0.2, 0) is 0 Å². The number of nitrogens with two attached hydrogens (primary N) is 1. The van der Waals surface area contributed by atoms with Crippen LogP contribution in [-0.4, -0.2) is 16.7 Å². The Morgan fingerprint density at radius 3 is 3.06 bits per heavy atom. The number of para-hydroxylation sites is 1. The van der Waals surface area contributed by atoms with Gasteiger partial charge in [-0.3, -0.25) is 5.43 Å². The Balaban J connectivity index is 1.99. The summed E-state index contributed by atoms with van der Waals surface area (Å²) in [6.45, 7) is 0.654. The fourth-order valence-corrected chi connectivity index (χ4v) is 2.05. The molecule has 6 nitrogen and oxygen atoms in total. The number of hydrogen-bond donors (Lipinski definition) is 2. The van der Waals surface area contributed by atoms with E-state index >= 15 is 0 Å². The van der Waals surface area contributed by atoms with Crippen LogP contribution in [0.2, 0.25) is 0 Å². The van der Waals surface area contributed by atoms with Crippen molar-refractivity contribution >= 4 is 6.01 Å². The average molecular weight is 232 g/mol. The lowest BCUT2D eigenvalue weighted by molar-refractivity contribution is 0.272. The van der Waals surface area contributed by atoms with E-state index in [1.807, 2.05) is 24.3 Å². The zero-order valence-corrected chi connectivity index (χ0v) is 9.09. The number of anilines is 1. The average Bonchev–Trinajstić information content (AvgIpc) is 2.87. The Labute approximate surface area is 97.7 Å². The van der Waals surface area contributed by atoms with E-state index in [1.165, 1.54) is 0 Å². The molecule has 2 aromatic rings. The van der Waals surface area contributed by atoms with Crippen LogP contribution in [0.3, 0.4) is 0 Å². The van der Waals surface area contributed by atoms with Gasteiger partial charge in [0.2, 0.25) is 0 Å². The first-order valence-electron chi connectivity index (χ1n) is 5.40. The number of hydrazine groups is 1. The summed E-state index contributed by atoms with van der Waals surface area (Å²) in [5.41, 5.74) is 3.43.